The van der Waals surface area contributed by atoms with Crippen LogP contribution in [-0.2, 0) is 0 Å². The Kier molecular flexibility index (Phi) is 5.43. The molecule has 2 heterocycles. The molecule has 0 radical (unpaired) electrons. The van der Waals surface area contributed by atoms with E-state index in [9.17, 15) is 14.9 Å². The second-order valence-corrected chi connectivity index (χ2v) is 4.99. The molecule has 1 saturated heterocycles. The van der Waals surface area contributed by atoms with Crippen LogP contribution >= 0.6 is 11.6 Å². The van der Waals surface area contributed by atoms with E-state index in [-0.39, 0.29) is 16.4 Å². The van der Waals surface area contributed by atoms with Crippen LogP contribution in [0.3, 0.4) is 0 Å². The molecule has 2 rings (SSSR count). The zero-order valence-corrected chi connectivity index (χ0v) is 12.1. The van der Waals surface area contributed by atoms with Gasteiger partial charge in [-0.1, -0.05) is 11.6 Å². The second-order valence-electron chi connectivity index (χ2n) is 4.64. The SMILES string of the molecule is O=C(NCCN1CCNCC1)c1cc([N+](=O)[O-])cnc1Cl. The number of pyridine rings is 1. The summed E-state index contributed by atoms with van der Waals surface area (Å²) in [6.45, 7) is 4.94. The first-order valence-electron chi connectivity index (χ1n) is 6.59. The summed E-state index contributed by atoms with van der Waals surface area (Å²) in [5.41, 5.74) is -0.238. The van der Waals surface area contributed by atoms with Gasteiger partial charge < -0.3 is 10.6 Å². The number of nitrogens with one attached hydrogen (secondary N) is 2. The topological polar surface area (TPSA) is 100 Å². The number of aromatic nitrogens is 1. The Balaban J connectivity index is 1.90. The van der Waals surface area contributed by atoms with Gasteiger partial charge >= 0.3 is 0 Å². The van der Waals surface area contributed by atoms with Crippen LogP contribution in [0.15, 0.2) is 12.3 Å². The van der Waals surface area contributed by atoms with E-state index in [1.807, 2.05) is 0 Å². The Hall–Kier alpha value is -1.77. The molecule has 0 aromatic carbocycles. The molecule has 1 aromatic heterocycles. The van der Waals surface area contributed by atoms with Gasteiger partial charge in [-0.15, -0.1) is 0 Å². The summed E-state index contributed by atoms with van der Waals surface area (Å²) in [6.07, 6.45) is 1.03. The first-order valence-corrected chi connectivity index (χ1v) is 6.97. The number of carbonyl (C=O) groups excluding carboxylic acids is 1. The van der Waals surface area contributed by atoms with Gasteiger partial charge in [-0.25, -0.2) is 4.98 Å². The van der Waals surface area contributed by atoms with Crippen molar-refractivity contribution in [3.8, 4) is 0 Å². The van der Waals surface area contributed by atoms with E-state index in [0.29, 0.717) is 6.54 Å². The van der Waals surface area contributed by atoms with Crippen molar-refractivity contribution in [3.63, 3.8) is 0 Å². The van der Waals surface area contributed by atoms with Crippen molar-refractivity contribution in [2.45, 2.75) is 0 Å². The van der Waals surface area contributed by atoms with Crippen molar-refractivity contribution >= 4 is 23.2 Å². The highest BCUT2D eigenvalue weighted by Crippen LogP contribution is 2.18. The third kappa shape index (κ3) is 4.35. The Bertz CT molecular complexity index is 534. The van der Waals surface area contributed by atoms with Crippen molar-refractivity contribution < 1.29 is 9.72 Å². The molecule has 0 atom stereocenters. The summed E-state index contributed by atoms with van der Waals surface area (Å²) in [6, 6.07) is 1.13. The first kappa shape index (κ1) is 15.6. The Morgan fingerprint density at radius 2 is 2.24 bits per heavy atom. The largest absolute Gasteiger partial charge is 0.351 e. The van der Waals surface area contributed by atoms with Crippen LogP contribution in [0, 0.1) is 10.1 Å². The zero-order chi connectivity index (χ0) is 15.2. The fourth-order valence-electron chi connectivity index (χ4n) is 2.05. The van der Waals surface area contributed by atoms with Crippen LogP contribution < -0.4 is 10.6 Å². The zero-order valence-electron chi connectivity index (χ0n) is 11.3. The van der Waals surface area contributed by atoms with E-state index in [2.05, 4.69) is 20.5 Å². The minimum Gasteiger partial charge on any atom is -0.351 e. The average Bonchev–Trinajstić information content (AvgIpc) is 2.48. The van der Waals surface area contributed by atoms with Crippen LogP contribution in [0.25, 0.3) is 0 Å². The normalized spacial score (nSPS) is 15.7. The molecule has 1 amide bonds. The molecule has 2 N–H and O–H groups in total. The first-order chi connectivity index (χ1) is 10.1. The lowest BCUT2D eigenvalue weighted by atomic mass is 10.2. The van der Waals surface area contributed by atoms with Gasteiger partial charge in [0.15, 0.2) is 0 Å². The smallest absolute Gasteiger partial charge is 0.288 e. The minimum absolute atomic E-state index is 0.0196. The highest BCUT2D eigenvalue weighted by Gasteiger charge is 2.17. The quantitative estimate of drug-likeness (QED) is 0.460. The van der Waals surface area contributed by atoms with Gasteiger partial charge in [0.1, 0.15) is 11.3 Å². The van der Waals surface area contributed by atoms with Crippen molar-refractivity contribution in [1.82, 2.24) is 20.5 Å². The van der Waals surface area contributed by atoms with Crippen LogP contribution in [0.5, 0.6) is 0 Å². The Morgan fingerprint density at radius 3 is 2.90 bits per heavy atom. The molecule has 9 heteroatoms. The summed E-state index contributed by atoms with van der Waals surface area (Å²) < 4.78 is 0. The van der Waals surface area contributed by atoms with E-state index in [1.165, 1.54) is 0 Å². The van der Waals surface area contributed by atoms with Crippen molar-refractivity contribution in [2.24, 2.45) is 0 Å². The van der Waals surface area contributed by atoms with E-state index in [0.717, 1.165) is 45.0 Å². The highest BCUT2D eigenvalue weighted by atomic mass is 35.5. The number of amides is 1. The molecule has 0 bridgehead atoms. The number of hydrogen-bond acceptors (Lipinski definition) is 6. The van der Waals surface area contributed by atoms with E-state index < -0.39 is 10.8 Å². The molecule has 8 nitrogen and oxygen atoms in total. The third-order valence-electron chi connectivity index (χ3n) is 3.20. The van der Waals surface area contributed by atoms with Gasteiger partial charge in [-0.2, -0.15) is 0 Å². The molecule has 1 aromatic rings. The Labute approximate surface area is 126 Å². The lowest BCUT2D eigenvalue weighted by Crippen LogP contribution is -2.46. The predicted octanol–water partition coefficient (Wildman–Crippen LogP) is 0.278. The average molecular weight is 314 g/mol. The number of nitro groups is 1. The highest BCUT2D eigenvalue weighted by molar-refractivity contribution is 6.32. The molecule has 0 spiro atoms. The van der Waals surface area contributed by atoms with E-state index >= 15 is 0 Å². The van der Waals surface area contributed by atoms with Gasteiger partial charge in [-0.3, -0.25) is 19.8 Å². The molecular formula is C12H16ClN5O3. The summed E-state index contributed by atoms with van der Waals surface area (Å²) in [4.78, 5) is 28.0. The maximum atomic E-state index is 12.0. The lowest BCUT2D eigenvalue weighted by molar-refractivity contribution is -0.385. The summed E-state index contributed by atoms with van der Waals surface area (Å²) in [5.74, 6) is -0.452. The molecule has 114 valence electrons. The van der Waals surface area contributed by atoms with Gasteiger partial charge in [0, 0.05) is 45.3 Å². The van der Waals surface area contributed by atoms with Gasteiger partial charge in [-0.05, 0) is 0 Å². The van der Waals surface area contributed by atoms with Crippen LogP contribution in [0.1, 0.15) is 10.4 Å². The van der Waals surface area contributed by atoms with Crippen LogP contribution in [-0.4, -0.2) is 60.0 Å². The monoisotopic (exact) mass is 313 g/mol. The van der Waals surface area contributed by atoms with Crippen LogP contribution in [0.4, 0.5) is 5.69 Å². The van der Waals surface area contributed by atoms with Gasteiger partial charge in [0.25, 0.3) is 11.6 Å². The molecular weight excluding hydrogens is 298 g/mol. The fourth-order valence-corrected chi connectivity index (χ4v) is 2.24. The maximum absolute atomic E-state index is 12.0. The fraction of sp³-hybridized carbons (Fsp3) is 0.500. The number of hydrogen-bond donors (Lipinski definition) is 2. The summed E-state index contributed by atoms with van der Waals surface area (Å²) in [5, 5.41) is 16.6. The summed E-state index contributed by atoms with van der Waals surface area (Å²) >= 11 is 5.81. The van der Waals surface area contributed by atoms with Gasteiger partial charge in [0.05, 0.1) is 10.5 Å². The van der Waals surface area contributed by atoms with E-state index in [4.69, 9.17) is 11.6 Å². The number of piperazine rings is 1. The number of carbonyl (C=O) groups is 1. The van der Waals surface area contributed by atoms with Crippen LogP contribution in [0.2, 0.25) is 5.15 Å². The van der Waals surface area contributed by atoms with Crippen molar-refractivity contribution in [2.75, 3.05) is 39.3 Å². The molecule has 1 aliphatic heterocycles. The molecule has 0 saturated carbocycles. The van der Waals surface area contributed by atoms with Crippen molar-refractivity contribution in [3.05, 3.63) is 33.1 Å². The van der Waals surface area contributed by atoms with E-state index in [1.54, 1.807) is 0 Å². The number of halogens is 1. The third-order valence-corrected chi connectivity index (χ3v) is 3.50. The molecule has 21 heavy (non-hydrogen) atoms. The standard InChI is InChI=1S/C12H16ClN5O3/c13-11-10(7-9(8-16-11)18(20)21)12(19)15-3-6-17-4-1-14-2-5-17/h7-8,14H,1-6H2,(H,15,19). The maximum Gasteiger partial charge on any atom is 0.288 e. The molecule has 0 unspecified atom stereocenters. The Morgan fingerprint density at radius 1 is 1.52 bits per heavy atom. The van der Waals surface area contributed by atoms with Crippen molar-refractivity contribution in [1.29, 1.82) is 0 Å². The lowest BCUT2D eigenvalue weighted by Gasteiger charge is -2.27. The second kappa shape index (κ2) is 7.30. The molecule has 1 fully saturated rings. The predicted molar refractivity (Wildman–Crippen MR) is 77.5 cm³/mol. The summed E-state index contributed by atoms with van der Waals surface area (Å²) in [7, 11) is 0. The molecule has 1 aliphatic rings. The van der Waals surface area contributed by atoms with Gasteiger partial charge in [0.2, 0.25) is 0 Å². The molecule has 0 aliphatic carbocycles. The number of rotatable bonds is 5. The number of nitrogens with zero attached hydrogens (tertiary/aromatic N) is 3. The minimum atomic E-state index is -0.610.